The van der Waals surface area contributed by atoms with Crippen molar-refractivity contribution >= 4 is 131 Å². The van der Waals surface area contributed by atoms with Crippen molar-refractivity contribution < 1.29 is 34.7 Å². The van der Waals surface area contributed by atoms with Gasteiger partial charge in [-0.05, 0) is 144 Å². The molecule has 2 aromatic heterocycles. The second kappa shape index (κ2) is 25.0. The number of hydrogen-bond donors (Lipinski definition) is 1. The Morgan fingerprint density at radius 1 is 0.397 bits per heavy atom. The number of benzene rings is 10. The summed E-state index contributed by atoms with van der Waals surface area (Å²) in [5.41, 5.74) is 9.61. The molecule has 10 aromatic carbocycles. The molecule has 356 valence electrons. The molecule has 0 fully saturated rings. The first-order chi connectivity index (χ1) is 34.9. The fraction of sp³-hybridized carbons (Fsp3) is 0.0625. The molecular weight excluding hydrogens is 1050 g/mol. The molecular formula is C64H50BrCl2N2NaOS2. The second-order valence-electron chi connectivity index (χ2n) is 17.9. The van der Waals surface area contributed by atoms with Crippen LogP contribution in [0, 0.1) is 0 Å². The van der Waals surface area contributed by atoms with Gasteiger partial charge in [-0.25, -0.2) is 0 Å². The van der Waals surface area contributed by atoms with Gasteiger partial charge < -0.3 is 15.3 Å². The number of nitrogens with zero attached hydrogens (tertiary/aromatic N) is 1. The fourth-order valence-corrected chi connectivity index (χ4v) is 10.8. The van der Waals surface area contributed by atoms with Crippen molar-refractivity contribution in [2.75, 3.05) is 10.2 Å². The van der Waals surface area contributed by atoms with E-state index >= 15 is 0 Å². The van der Waals surface area contributed by atoms with Crippen LogP contribution in [0.15, 0.2) is 247 Å². The third-order valence-corrected chi connectivity index (χ3v) is 14.7. The molecule has 0 spiro atoms. The van der Waals surface area contributed by atoms with E-state index in [1.807, 2.05) is 89.4 Å². The first kappa shape index (κ1) is 53.5. The smallest absolute Gasteiger partial charge is 0.850 e. The third-order valence-electron chi connectivity index (χ3n) is 11.4. The molecule has 9 heteroatoms. The molecule has 0 radical (unpaired) electrons. The summed E-state index contributed by atoms with van der Waals surface area (Å²) in [6, 6.07) is 84.1. The van der Waals surface area contributed by atoms with Crippen LogP contribution >= 0.6 is 61.8 Å². The molecule has 0 amide bonds. The van der Waals surface area contributed by atoms with E-state index in [-0.39, 0.29) is 29.6 Å². The van der Waals surface area contributed by atoms with E-state index in [1.54, 1.807) is 20.8 Å². The normalized spacial score (nSPS) is 10.8. The molecule has 0 saturated heterocycles. The summed E-state index contributed by atoms with van der Waals surface area (Å²) in [7, 11) is 0. The fourth-order valence-electron chi connectivity index (χ4n) is 8.10. The van der Waals surface area contributed by atoms with Crippen molar-refractivity contribution in [3.05, 3.63) is 257 Å². The molecule has 0 bridgehead atoms. The van der Waals surface area contributed by atoms with Crippen LogP contribution in [0.5, 0.6) is 0 Å². The number of halogens is 3. The Morgan fingerprint density at radius 3 is 1.27 bits per heavy atom. The molecule has 0 unspecified atom stereocenters. The van der Waals surface area contributed by atoms with Crippen molar-refractivity contribution in [1.29, 1.82) is 0 Å². The largest absolute Gasteiger partial charge is 1.00 e. The molecule has 0 atom stereocenters. The number of thiophene rings is 2. The summed E-state index contributed by atoms with van der Waals surface area (Å²) >= 11 is 19.0. The van der Waals surface area contributed by atoms with Crippen LogP contribution in [-0.4, -0.2) is 5.60 Å². The molecule has 0 saturated carbocycles. The summed E-state index contributed by atoms with van der Waals surface area (Å²) < 4.78 is 6.41. The van der Waals surface area contributed by atoms with Crippen molar-refractivity contribution in [1.82, 2.24) is 0 Å². The van der Waals surface area contributed by atoms with Gasteiger partial charge in [0.1, 0.15) is 0 Å². The zero-order chi connectivity index (χ0) is 50.0. The van der Waals surface area contributed by atoms with Crippen molar-refractivity contribution in [2.45, 2.75) is 26.4 Å². The maximum Gasteiger partial charge on any atom is 1.00 e. The SMILES string of the molecule is CC(C)(C)[O-].Clc1ccc(-c2ccc(Br)cc2)cc1.Clc1ccc(-c2ccc(N(c3ccccc3)c3ccc4sc5ccccc5c4c3)cc2)cc1.[Na+].c1ccc(Nc2ccc3sc4ccccc4c3c2)cc1. The first-order valence-corrected chi connectivity index (χ1v) is 26.7. The number of fused-ring (bicyclic) bond motifs is 6. The van der Waals surface area contributed by atoms with Gasteiger partial charge in [0, 0.05) is 83.3 Å². The van der Waals surface area contributed by atoms with E-state index in [1.165, 1.54) is 57.0 Å². The van der Waals surface area contributed by atoms with E-state index in [4.69, 9.17) is 23.2 Å². The van der Waals surface area contributed by atoms with Crippen molar-refractivity contribution in [3.8, 4) is 22.3 Å². The molecule has 0 aliphatic heterocycles. The zero-order valence-corrected chi connectivity index (χ0v) is 47.6. The van der Waals surface area contributed by atoms with Gasteiger partial charge in [-0.15, -0.1) is 28.3 Å². The standard InChI is InChI=1S/C30H20ClNS.C18H13NS.C12H8BrCl.C4H9O.Na/c31-23-14-10-21(11-15-23)22-12-16-25(17-13-22)32(24-6-2-1-3-7-24)26-18-19-30-28(20-26)27-8-4-5-9-29(27)33-30;1-2-6-13(7-3-1)19-14-10-11-18-16(12-14)15-8-4-5-9-17(15)20-18;13-11-5-1-9(2-6-11)10-3-7-12(14)8-4-10;1-4(2,3)5;/h1-20H;1-12,19H;1-8H;1-3H3;/q;;;-1;+1. The summed E-state index contributed by atoms with van der Waals surface area (Å²) in [6.45, 7) is 4.90. The van der Waals surface area contributed by atoms with Crippen LogP contribution < -0.4 is 44.9 Å². The monoisotopic (exact) mass is 1100 g/mol. The average Bonchev–Trinajstić information content (AvgIpc) is 3.96. The predicted molar refractivity (Wildman–Crippen MR) is 318 cm³/mol. The first-order valence-electron chi connectivity index (χ1n) is 23.5. The van der Waals surface area contributed by atoms with Gasteiger partial charge in [0.05, 0.1) is 0 Å². The van der Waals surface area contributed by atoms with Crippen LogP contribution in [0.4, 0.5) is 28.4 Å². The number of rotatable bonds is 7. The quantitative estimate of drug-likeness (QED) is 0.162. The number of para-hydroxylation sites is 2. The van der Waals surface area contributed by atoms with E-state index in [9.17, 15) is 5.11 Å². The second-order valence-corrected chi connectivity index (χ2v) is 21.9. The van der Waals surface area contributed by atoms with Crippen LogP contribution in [-0.2, 0) is 0 Å². The van der Waals surface area contributed by atoms with Crippen molar-refractivity contribution in [3.63, 3.8) is 0 Å². The molecule has 3 nitrogen and oxygen atoms in total. The maximum atomic E-state index is 10.1. The summed E-state index contributed by atoms with van der Waals surface area (Å²) in [5, 5.41) is 20.4. The van der Waals surface area contributed by atoms with Gasteiger partial charge in [0.2, 0.25) is 0 Å². The number of nitrogens with one attached hydrogen (secondary N) is 1. The minimum atomic E-state index is -0.750. The Kier molecular flexibility index (Phi) is 18.3. The topological polar surface area (TPSA) is 38.3 Å². The Labute approximate surface area is 476 Å². The average molecular weight is 1100 g/mol. The van der Waals surface area contributed by atoms with Gasteiger partial charge >= 0.3 is 29.6 Å². The minimum Gasteiger partial charge on any atom is -0.850 e. The Bertz CT molecular complexity index is 3630. The molecule has 0 aliphatic rings. The molecule has 12 rings (SSSR count). The van der Waals surface area contributed by atoms with E-state index in [0.29, 0.717) is 0 Å². The van der Waals surface area contributed by atoms with Gasteiger partial charge in [-0.1, -0.05) is 181 Å². The number of anilines is 5. The Balaban J connectivity index is 0.000000151. The van der Waals surface area contributed by atoms with Crippen LogP contribution in [0.2, 0.25) is 10.0 Å². The molecule has 12 aromatic rings. The van der Waals surface area contributed by atoms with E-state index < -0.39 is 5.60 Å². The van der Waals surface area contributed by atoms with Gasteiger partial charge in [0.25, 0.3) is 0 Å². The third kappa shape index (κ3) is 14.3. The number of hydrogen-bond acceptors (Lipinski definition) is 5. The summed E-state index contributed by atoms with van der Waals surface area (Å²) in [6.07, 6.45) is 0. The maximum absolute atomic E-state index is 10.1. The zero-order valence-electron chi connectivity index (χ0n) is 40.9. The molecule has 2 heterocycles. The predicted octanol–water partition coefficient (Wildman–Crippen LogP) is 17.6. The van der Waals surface area contributed by atoms with Crippen LogP contribution in [0.25, 0.3) is 62.6 Å². The van der Waals surface area contributed by atoms with Crippen LogP contribution in [0.3, 0.4) is 0 Å². The Morgan fingerprint density at radius 2 is 0.767 bits per heavy atom. The van der Waals surface area contributed by atoms with E-state index in [2.05, 4.69) is 202 Å². The molecule has 0 aliphatic carbocycles. The van der Waals surface area contributed by atoms with Crippen molar-refractivity contribution in [2.24, 2.45) is 0 Å². The van der Waals surface area contributed by atoms with Crippen LogP contribution in [0.1, 0.15) is 20.8 Å². The van der Waals surface area contributed by atoms with E-state index in [0.717, 1.165) is 48.5 Å². The van der Waals surface area contributed by atoms with Gasteiger partial charge in [-0.3, -0.25) is 0 Å². The van der Waals surface area contributed by atoms with Gasteiger partial charge in [-0.2, -0.15) is 0 Å². The summed E-state index contributed by atoms with van der Waals surface area (Å²) in [5.74, 6) is 0. The molecule has 1 N–H and O–H groups in total. The van der Waals surface area contributed by atoms with Gasteiger partial charge in [0.15, 0.2) is 0 Å². The minimum absolute atomic E-state index is 0. The Hall–Kier alpha value is -5.74. The summed E-state index contributed by atoms with van der Waals surface area (Å²) in [4.78, 5) is 2.32. The molecule has 73 heavy (non-hydrogen) atoms.